The van der Waals surface area contributed by atoms with Crippen LogP contribution in [0.3, 0.4) is 0 Å². The summed E-state index contributed by atoms with van der Waals surface area (Å²) >= 11 is 5.94. The SMILES string of the molecule is COc1ccc(S(=O)(=O)NCCC2=CCCCC2)cc1NC(=O)c1cccc(Cl)c1. The molecule has 0 saturated carbocycles. The molecule has 8 heteroatoms. The summed E-state index contributed by atoms with van der Waals surface area (Å²) in [6, 6.07) is 10.9. The van der Waals surface area contributed by atoms with E-state index in [1.165, 1.54) is 43.4 Å². The van der Waals surface area contributed by atoms with Crippen LogP contribution in [0, 0.1) is 0 Å². The lowest BCUT2D eigenvalue weighted by molar-refractivity contribution is 0.102. The number of allylic oxidation sites excluding steroid dienone is 1. The number of hydrogen-bond donors (Lipinski definition) is 2. The first-order chi connectivity index (χ1) is 14.4. The first-order valence-electron chi connectivity index (χ1n) is 9.81. The van der Waals surface area contributed by atoms with Gasteiger partial charge in [-0.15, -0.1) is 0 Å². The zero-order valence-electron chi connectivity index (χ0n) is 16.8. The van der Waals surface area contributed by atoms with Gasteiger partial charge in [-0.05, 0) is 68.5 Å². The van der Waals surface area contributed by atoms with E-state index in [0.29, 0.717) is 29.3 Å². The van der Waals surface area contributed by atoms with Crippen molar-refractivity contribution in [1.82, 2.24) is 4.72 Å². The van der Waals surface area contributed by atoms with Crippen molar-refractivity contribution in [2.75, 3.05) is 19.0 Å². The standard InChI is InChI=1S/C22H25ClN2O4S/c1-29-21-11-10-19(30(27,28)24-13-12-16-6-3-2-4-7-16)15-20(21)25-22(26)17-8-5-9-18(23)14-17/h5-6,8-11,14-15,24H,2-4,7,12-13H2,1H3,(H,25,26). The monoisotopic (exact) mass is 448 g/mol. The molecule has 0 radical (unpaired) electrons. The lowest BCUT2D eigenvalue weighted by Crippen LogP contribution is -2.25. The minimum atomic E-state index is -3.72. The second kappa shape index (κ2) is 10.1. The molecule has 0 aromatic heterocycles. The summed E-state index contributed by atoms with van der Waals surface area (Å²) in [5.74, 6) is -0.0563. The minimum Gasteiger partial charge on any atom is -0.495 e. The third-order valence-corrected chi connectivity index (χ3v) is 6.63. The number of halogens is 1. The lowest BCUT2D eigenvalue weighted by Gasteiger charge is -2.15. The summed E-state index contributed by atoms with van der Waals surface area (Å²) in [6.07, 6.45) is 7.36. The Balaban J connectivity index is 1.73. The van der Waals surface area contributed by atoms with Gasteiger partial charge in [0.15, 0.2) is 0 Å². The molecule has 2 N–H and O–H groups in total. The summed E-state index contributed by atoms with van der Waals surface area (Å²) in [6.45, 7) is 0.338. The van der Waals surface area contributed by atoms with Gasteiger partial charge in [-0.25, -0.2) is 13.1 Å². The molecule has 2 aromatic rings. The van der Waals surface area contributed by atoms with Crippen LogP contribution in [0.5, 0.6) is 5.75 Å². The van der Waals surface area contributed by atoms with E-state index in [2.05, 4.69) is 16.1 Å². The van der Waals surface area contributed by atoms with Gasteiger partial charge < -0.3 is 10.1 Å². The number of ether oxygens (including phenoxy) is 1. The van der Waals surface area contributed by atoms with E-state index in [9.17, 15) is 13.2 Å². The van der Waals surface area contributed by atoms with Crippen molar-refractivity contribution in [3.05, 3.63) is 64.7 Å². The summed E-state index contributed by atoms with van der Waals surface area (Å²) in [7, 11) is -2.27. The number of benzene rings is 2. The Hall–Kier alpha value is -2.35. The van der Waals surface area contributed by atoms with Crippen LogP contribution in [0.2, 0.25) is 5.02 Å². The van der Waals surface area contributed by atoms with Crippen molar-refractivity contribution in [2.24, 2.45) is 0 Å². The number of amides is 1. The summed E-state index contributed by atoms with van der Waals surface area (Å²) in [5.41, 5.74) is 1.92. The molecule has 1 aliphatic carbocycles. The molecule has 1 amide bonds. The molecule has 160 valence electrons. The molecule has 0 bridgehead atoms. The van der Waals surface area contributed by atoms with Gasteiger partial charge in [0.05, 0.1) is 17.7 Å². The Morgan fingerprint density at radius 1 is 1.17 bits per heavy atom. The predicted octanol–water partition coefficient (Wildman–Crippen LogP) is 4.77. The van der Waals surface area contributed by atoms with Crippen molar-refractivity contribution in [2.45, 2.75) is 37.0 Å². The number of carbonyl (C=O) groups excluding carboxylic acids is 1. The molecular formula is C22H25ClN2O4S. The Labute approximate surface area is 182 Å². The molecule has 0 unspecified atom stereocenters. The average Bonchev–Trinajstić information content (AvgIpc) is 2.74. The van der Waals surface area contributed by atoms with Gasteiger partial charge in [-0.1, -0.05) is 29.3 Å². The number of hydrogen-bond acceptors (Lipinski definition) is 4. The molecule has 0 saturated heterocycles. The van der Waals surface area contributed by atoms with Crippen molar-refractivity contribution in [1.29, 1.82) is 0 Å². The summed E-state index contributed by atoms with van der Waals surface area (Å²) in [4.78, 5) is 12.6. The van der Waals surface area contributed by atoms with Gasteiger partial charge in [0, 0.05) is 17.1 Å². The van der Waals surface area contributed by atoms with Gasteiger partial charge in [-0.2, -0.15) is 0 Å². The van der Waals surface area contributed by atoms with Crippen LogP contribution >= 0.6 is 11.6 Å². The fraction of sp³-hybridized carbons (Fsp3) is 0.318. The molecule has 0 heterocycles. The molecule has 1 aliphatic rings. The van der Waals surface area contributed by atoms with Gasteiger partial charge in [0.1, 0.15) is 5.75 Å². The van der Waals surface area contributed by atoms with Gasteiger partial charge in [0.25, 0.3) is 5.91 Å². The van der Waals surface area contributed by atoms with Crippen LogP contribution in [-0.4, -0.2) is 28.0 Å². The molecule has 0 aliphatic heterocycles. The largest absolute Gasteiger partial charge is 0.495 e. The van der Waals surface area contributed by atoms with Crippen LogP contribution in [0.15, 0.2) is 59.0 Å². The Kier molecular flexibility index (Phi) is 7.53. The molecule has 3 rings (SSSR count). The Bertz CT molecular complexity index is 1050. The second-order valence-corrected chi connectivity index (χ2v) is 9.29. The smallest absolute Gasteiger partial charge is 0.255 e. The highest BCUT2D eigenvalue weighted by molar-refractivity contribution is 7.89. The second-order valence-electron chi connectivity index (χ2n) is 7.08. The van der Waals surface area contributed by atoms with Crippen molar-refractivity contribution >= 4 is 33.2 Å². The first kappa shape index (κ1) is 22.3. The zero-order valence-corrected chi connectivity index (χ0v) is 18.4. The summed E-state index contributed by atoms with van der Waals surface area (Å²) < 4.78 is 33.4. The molecule has 30 heavy (non-hydrogen) atoms. The highest BCUT2D eigenvalue weighted by atomic mass is 35.5. The number of rotatable bonds is 8. The van der Waals surface area contributed by atoms with E-state index in [1.807, 2.05) is 0 Å². The van der Waals surface area contributed by atoms with Crippen LogP contribution in [0.25, 0.3) is 0 Å². The van der Waals surface area contributed by atoms with Crippen LogP contribution < -0.4 is 14.8 Å². The van der Waals surface area contributed by atoms with E-state index >= 15 is 0 Å². The van der Waals surface area contributed by atoms with Gasteiger partial charge in [0.2, 0.25) is 10.0 Å². The topological polar surface area (TPSA) is 84.5 Å². The highest BCUT2D eigenvalue weighted by Crippen LogP contribution is 2.28. The number of methoxy groups -OCH3 is 1. The van der Waals surface area contributed by atoms with E-state index in [4.69, 9.17) is 16.3 Å². The minimum absolute atomic E-state index is 0.0577. The quantitative estimate of drug-likeness (QED) is 0.569. The Morgan fingerprint density at radius 3 is 2.70 bits per heavy atom. The third kappa shape index (κ3) is 5.84. The maximum Gasteiger partial charge on any atom is 0.255 e. The normalized spacial score (nSPS) is 14.1. The molecule has 2 aromatic carbocycles. The van der Waals surface area contributed by atoms with Crippen molar-refractivity contribution in [3.63, 3.8) is 0 Å². The third-order valence-electron chi connectivity index (χ3n) is 4.94. The molecule has 0 spiro atoms. The summed E-state index contributed by atoms with van der Waals surface area (Å²) in [5, 5.41) is 3.13. The Morgan fingerprint density at radius 2 is 2.00 bits per heavy atom. The van der Waals surface area contributed by atoms with Crippen LogP contribution in [0.1, 0.15) is 42.5 Å². The molecule has 6 nitrogen and oxygen atoms in total. The van der Waals surface area contributed by atoms with Crippen molar-refractivity contribution < 1.29 is 17.9 Å². The zero-order chi connectivity index (χ0) is 21.6. The number of nitrogens with one attached hydrogen (secondary N) is 2. The van der Waals surface area contributed by atoms with Gasteiger partial charge in [-0.3, -0.25) is 4.79 Å². The fourth-order valence-electron chi connectivity index (χ4n) is 3.34. The molecule has 0 atom stereocenters. The van der Waals surface area contributed by atoms with Crippen molar-refractivity contribution in [3.8, 4) is 5.75 Å². The van der Waals surface area contributed by atoms with Gasteiger partial charge >= 0.3 is 0 Å². The fourth-order valence-corrected chi connectivity index (χ4v) is 4.59. The molecular weight excluding hydrogens is 424 g/mol. The van der Waals surface area contributed by atoms with Crippen LogP contribution in [0.4, 0.5) is 5.69 Å². The van der Waals surface area contributed by atoms with E-state index < -0.39 is 15.9 Å². The number of anilines is 1. The highest BCUT2D eigenvalue weighted by Gasteiger charge is 2.18. The van der Waals surface area contributed by atoms with E-state index in [0.717, 1.165) is 19.3 Å². The molecule has 0 fully saturated rings. The van der Waals surface area contributed by atoms with E-state index in [-0.39, 0.29) is 10.6 Å². The maximum atomic E-state index is 12.7. The van der Waals surface area contributed by atoms with E-state index in [1.54, 1.807) is 18.2 Å². The maximum absolute atomic E-state index is 12.7. The predicted molar refractivity (Wildman–Crippen MR) is 119 cm³/mol. The first-order valence-corrected chi connectivity index (χ1v) is 11.7. The lowest BCUT2D eigenvalue weighted by atomic mass is 9.97. The number of sulfonamides is 1. The van der Waals surface area contributed by atoms with Crippen LogP contribution in [-0.2, 0) is 10.0 Å². The number of carbonyl (C=O) groups is 1. The average molecular weight is 449 g/mol.